The zero-order valence-corrected chi connectivity index (χ0v) is 14.8. The number of ketones is 2. The summed E-state index contributed by atoms with van der Waals surface area (Å²) in [7, 11) is 0. The number of Topliss-reactive ketones (excluding diaryl/α,β-unsaturated/α-hetero) is 2. The molecule has 130 valence electrons. The van der Waals surface area contributed by atoms with E-state index in [1.165, 1.54) is 0 Å². The lowest BCUT2D eigenvalue weighted by atomic mass is 9.75. The molecule has 3 aromatic carbocycles. The van der Waals surface area contributed by atoms with Crippen LogP contribution in [0.1, 0.15) is 46.7 Å². The van der Waals surface area contributed by atoms with Crippen molar-refractivity contribution in [2.45, 2.75) is 25.2 Å². The monoisotopic (exact) mass is 342 g/mol. The zero-order valence-electron chi connectivity index (χ0n) is 14.8. The van der Waals surface area contributed by atoms with Crippen LogP contribution in [0.5, 0.6) is 0 Å². The summed E-state index contributed by atoms with van der Waals surface area (Å²) in [5.74, 6) is -0.457. The highest BCUT2D eigenvalue weighted by Gasteiger charge is 2.32. The molecule has 2 heteroatoms. The molecular formula is C24H22O2. The molecule has 26 heavy (non-hydrogen) atoms. The van der Waals surface area contributed by atoms with Gasteiger partial charge in [0.05, 0.1) is 5.92 Å². The summed E-state index contributed by atoms with van der Waals surface area (Å²) >= 11 is 0. The van der Waals surface area contributed by atoms with E-state index >= 15 is 0 Å². The minimum atomic E-state index is -0.398. The Morgan fingerprint density at radius 1 is 0.692 bits per heavy atom. The van der Waals surface area contributed by atoms with Crippen LogP contribution >= 0.6 is 0 Å². The molecule has 0 unspecified atom stereocenters. The van der Waals surface area contributed by atoms with Gasteiger partial charge in [-0.1, -0.05) is 91.0 Å². The molecule has 2 nitrogen and oxygen atoms in total. The summed E-state index contributed by atoms with van der Waals surface area (Å²) < 4.78 is 0. The summed E-state index contributed by atoms with van der Waals surface area (Å²) in [6, 6.07) is 29.0. The minimum absolute atomic E-state index is 0.0481. The Hall–Kier alpha value is -3.00. The van der Waals surface area contributed by atoms with Crippen molar-refractivity contribution in [1.29, 1.82) is 0 Å². The van der Waals surface area contributed by atoms with Gasteiger partial charge in [0.1, 0.15) is 5.78 Å². The van der Waals surface area contributed by atoms with Crippen LogP contribution in [0, 0.1) is 0 Å². The Bertz CT molecular complexity index is 854. The predicted molar refractivity (Wildman–Crippen MR) is 104 cm³/mol. The van der Waals surface area contributed by atoms with E-state index < -0.39 is 5.92 Å². The van der Waals surface area contributed by atoms with Gasteiger partial charge in [-0.3, -0.25) is 4.79 Å². The standard InChI is InChI=1S/C24H22O2/c1-18(25)17-22(19-11-5-2-6-12-19)23(20-13-7-3-8-14-20)24(26)21-15-9-4-10-16-21/h2-16,22-23H,17H2,1H3/t22-,23+/m1/s1. The molecule has 0 N–H and O–H groups in total. The van der Waals surface area contributed by atoms with Gasteiger partial charge >= 0.3 is 0 Å². The van der Waals surface area contributed by atoms with Crippen molar-refractivity contribution < 1.29 is 9.59 Å². The number of rotatable bonds is 7. The maximum absolute atomic E-state index is 13.4. The molecule has 0 aliphatic rings. The zero-order chi connectivity index (χ0) is 18.4. The smallest absolute Gasteiger partial charge is 0.170 e. The number of hydrogen-bond donors (Lipinski definition) is 0. The lowest BCUT2D eigenvalue weighted by Crippen LogP contribution is -2.22. The van der Waals surface area contributed by atoms with Gasteiger partial charge < -0.3 is 4.79 Å². The third kappa shape index (κ3) is 4.15. The van der Waals surface area contributed by atoms with Gasteiger partial charge in [0.25, 0.3) is 0 Å². The van der Waals surface area contributed by atoms with Crippen LogP contribution < -0.4 is 0 Å². The summed E-state index contributed by atoms with van der Waals surface area (Å²) in [5, 5.41) is 0. The van der Waals surface area contributed by atoms with Gasteiger partial charge in [0, 0.05) is 17.9 Å². The van der Waals surface area contributed by atoms with Crippen LogP contribution in [-0.4, -0.2) is 11.6 Å². The quantitative estimate of drug-likeness (QED) is 0.538. The number of carbonyl (C=O) groups excluding carboxylic acids is 2. The molecule has 2 atom stereocenters. The fraction of sp³-hybridized carbons (Fsp3) is 0.167. The van der Waals surface area contributed by atoms with Crippen LogP contribution in [0.4, 0.5) is 0 Å². The average Bonchev–Trinajstić information content (AvgIpc) is 2.69. The SMILES string of the molecule is CC(=O)C[C@H](c1ccccc1)[C@@H](C(=O)c1ccccc1)c1ccccc1. The van der Waals surface area contributed by atoms with Crippen molar-refractivity contribution in [3.63, 3.8) is 0 Å². The maximum atomic E-state index is 13.4. The first-order valence-electron chi connectivity index (χ1n) is 8.85. The lowest BCUT2D eigenvalue weighted by Gasteiger charge is -2.26. The molecule has 0 fully saturated rings. The highest BCUT2D eigenvalue weighted by Crippen LogP contribution is 2.38. The van der Waals surface area contributed by atoms with Crippen molar-refractivity contribution >= 4 is 11.6 Å². The molecule has 0 aliphatic heterocycles. The van der Waals surface area contributed by atoms with Crippen molar-refractivity contribution in [3.05, 3.63) is 108 Å². The second kappa shape index (κ2) is 8.39. The Morgan fingerprint density at radius 3 is 1.65 bits per heavy atom. The Kier molecular flexibility index (Phi) is 5.75. The molecule has 0 amide bonds. The molecule has 0 bridgehead atoms. The summed E-state index contributed by atoms with van der Waals surface area (Å²) in [5.41, 5.74) is 2.63. The van der Waals surface area contributed by atoms with E-state index in [1.807, 2.05) is 91.0 Å². The molecular weight excluding hydrogens is 320 g/mol. The van der Waals surface area contributed by atoms with Gasteiger partial charge in [0.2, 0.25) is 0 Å². The molecule has 3 rings (SSSR count). The molecule has 0 saturated carbocycles. The van der Waals surface area contributed by atoms with Crippen LogP contribution in [-0.2, 0) is 4.79 Å². The molecule has 0 radical (unpaired) electrons. The third-order valence-electron chi connectivity index (χ3n) is 4.64. The fourth-order valence-corrected chi connectivity index (χ4v) is 3.45. The van der Waals surface area contributed by atoms with E-state index in [4.69, 9.17) is 0 Å². The Morgan fingerprint density at radius 2 is 1.15 bits per heavy atom. The molecule has 3 aromatic rings. The summed E-state index contributed by atoms with van der Waals surface area (Å²) in [6.07, 6.45) is 0.335. The molecule has 0 heterocycles. The second-order valence-electron chi connectivity index (χ2n) is 6.54. The number of hydrogen-bond acceptors (Lipinski definition) is 2. The van der Waals surface area contributed by atoms with E-state index in [2.05, 4.69) is 0 Å². The number of benzene rings is 3. The van der Waals surface area contributed by atoms with E-state index in [9.17, 15) is 9.59 Å². The highest BCUT2D eigenvalue weighted by atomic mass is 16.1. The first-order chi connectivity index (χ1) is 12.7. The molecule has 0 spiro atoms. The largest absolute Gasteiger partial charge is 0.300 e. The minimum Gasteiger partial charge on any atom is -0.300 e. The summed E-state index contributed by atoms with van der Waals surface area (Å²) in [4.78, 5) is 25.4. The van der Waals surface area contributed by atoms with Crippen LogP contribution in [0.15, 0.2) is 91.0 Å². The van der Waals surface area contributed by atoms with Crippen molar-refractivity contribution in [1.82, 2.24) is 0 Å². The van der Waals surface area contributed by atoms with Gasteiger partial charge in [-0.15, -0.1) is 0 Å². The lowest BCUT2D eigenvalue weighted by molar-refractivity contribution is -0.117. The first kappa shape index (κ1) is 17.8. The topological polar surface area (TPSA) is 34.1 Å². The van der Waals surface area contributed by atoms with E-state index in [-0.39, 0.29) is 17.5 Å². The summed E-state index contributed by atoms with van der Waals surface area (Å²) in [6.45, 7) is 1.59. The van der Waals surface area contributed by atoms with E-state index in [1.54, 1.807) is 6.92 Å². The van der Waals surface area contributed by atoms with Crippen LogP contribution in [0.2, 0.25) is 0 Å². The van der Waals surface area contributed by atoms with Crippen molar-refractivity contribution in [2.75, 3.05) is 0 Å². The molecule has 0 aromatic heterocycles. The van der Waals surface area contributed by atoms with Gasteiger partial charge in [-0.2, -0.15) is 0 Å². The molecule has 0 saturated heterocycles. The fourth-order valence-electron chi connectivity index (χ4n) is 3.45. The van der Waals surface area contributed by atoms with E-state index in [0.29, 0.717) is 12.0 Å². The average molecular weight is 342 g/mol. The van der Waals surface area contributed by atoms with E-state index in [0.717, 1.165) is 11.1 Å². The van der Waals surface area contributed by atoms with Crippen molar-refractivity contribution in [2.24, 2.45) is 0 Å². The second-order valence-corrected chi connectivity index (χ2v) is 6.54. The molecule has 0 aliphatic carbocycles. The normalized spacial score (nSPS) is 13.0. The number of carbonyl (C=O) groups is 2. The highest BCUT2D eigenvalue weighted by molar-refractivity contribution is 6.02. The van der Waals surface area contributed by atoms with Crippen LogP contribution in [0.3, 0.4) is 0 Å². The first-order valence-corrected chi connectivity index (χ1v) is 8.85. The Balaban J connectivity index is 2.11. The van der Waals surface area contributed by atoms with Crippen LogP contribution in [0.25, 0.3) is 0 Å². The van der Waals surface area contributed by atoms with Crippen molar-refractivity contribution in [3.8, 4) is 0 Å². The third-order valence-corrected chi connectivity index (χ3v) is 4.64. The van der Waals surface area contributed by atoms with Gasteiger partial charge in [0.15, 0.2) is 5.78 Å². The van der Waals surface area contributed by atoms with Gasteiger partial charge in [-0.05, 0) is 18.1 Å². The predicted octanol–water partition coefficient (Wildman–Crippen LogP) is 5.42. The Labute approximate surface area is 154 Å². The maximum Gasteiger partial charge on any atom is 0.170 e. The van der Waals surface area contributed by atoms with Gasteiger partial charge in [-0.25, -0.2) is 0 Å².